The highest BCUT2D eigenvalue weighted by molar-refractivity contribution is 5.32. The van der Waals surface area contributed by atoms with Crippen LogP contribution in [0.1, 0.15) is 31.2 Å². The smallest absolute Gasteiger partial charge is 0.225 e. The van der Waals surface area contributed by atoms with Crippen LogP contribution in [0.4, 0.5) is 5.95 Å². The number of hydrogen-bond acceptors (Lipinski definition) is 4. The molecule has 16 heavy (non-hydrogen) atoms. The highest BCUT2D eigenvalue weighted by Gasteiger charge is 2.23. The molecule has 0 aromatic carbocycles. The summed E-state index contributed by atoms with van der Waals surface area (Å²) in [4.78, 5) is 11.1. The van der Waals surface area contributed by atoms with Crippen LogP contribution >= 0.6 is 0 Å². The SMILES string of the molecule is Cc1cnc(N(CCN)C2CCCC2)nc1. The molecule has 0 amide bonds. The molecule has 1 aromatic heterocycles. The molecule has 0 radical (unpaired) electrons. The normalized spacial score (nSPS) is 16.6. The minimum absolute atomic E-state index is 0.589. The number of nitrogens with two attached hydrogens (primary N) is 1. The van der Waals surface area contributed by atoms with E-state index in [1.54, 1.807) is 0 Å². The Labute approximate surface area is 96.9 Å². The van der Waals surface area contributed by atoms with Crippen LogP contribution in [0.25, 0.3) is 0 Å². The van der Waals surface area contributed by atoms with Gasteiger partial charge in [-0.05, 0) is 25.3 Å². The first kappa shape index (κ1) is 11.3. The number of nitrogens with zero attached hydrogens (tertiary/aromatic N) is 3. The lowest BCUT2D eigenvalue weighted by molar-refractivity contribution is 0.594. The Balaban J connectivity index is 2.14. The average Bonchev–Trinajstić information content (AvgIpc) is 2.81. The van der Waals surface area contributed by atoms with Crippen molar-refractivity contribution in [1.29, 1.82) is 0 Å². The van der Waals surface area contributed by atoms with Crippen LogP contribution in [0.5, 0.6) is 0 Å². The van der Waals surface area contributed by atoms with Crippen molar-refractivity contribution in [3.05, 3.63) is 18.0 Å². The van der Waals surface area contributed by atoms with E-state index in [4.69, 9.17) is 5.73 Å². The summed E-state index contributed by atoms with van der Waals surface area (Å²) >= 11 is 0. The standard InChI is InChI=1S/C12H20N4/c1-10-8-14-12(15-9-10)16(7-6-13)11-4-2-3-5-11/h8-9,11H,2-7,13H2,1H3. The first-order valence-corrected chi connectivity index (χ1v) is 6.06. The maximum Gasteiger partial charge on any atom is 0.225 e. The third kappa shape index (κ3) is 2.50. The fourth-order valence-electron chi connectivity index (χ4n) is 2.33. The lowest BCUT2D eigenvalue weighted by Crippen LogP contribution is -2.38. The molecule has 1 fully saturated rings. The third-order valence-corrected chi connectivity index (χ3v) is 3.16. The van der Waals surface area contributed by atoms with Crippen LogP contribution in [-0.2, 0) is 0 Å². The number of anilines is 1. The van der Waals surface area contributed by atoms with Gasteiger partial charge in [0.25, 0.3) is 0 Å². The second kappa shape index (κ2) is 5.25. The van der Waals surface area contributed by atoms with Crippen LogP contribution in [0.3, 0.4) is 0 Å². The predicted octanol–water partition coefficient (Wildman–Crippen LogP) is 1.49. The van der Waals surface area contributed by atoms with Gasteiger partial charge in [-0.1, -0.05) is 12.8 Å². The van der Waals surface area contributed by atoms with Gasteiger partial charge in [-0.15, -0.1) is 0 Å². The van der Waals surface area contributed by atoms with Gasteiger partial charge in [-0.3, -0.25) is 0 Å². The first-order valence-electron chi connectivity index (χ1n) is 6.06. The van der Waals surface area contributed by atoms with E-state index in [2.05, 4.69) is 14.9 Å². The van der Waals surface area contributed by atoms with Gasteiger partial charge in [-0.2, -0.15) is 0 Å². The van der Waals surface area contributed by atoms with Crippen molar-refractivity contribution in [3.63, 3.8) is 0 Å². The summed E-state index contributed by atoms with van der Waals surface area (Å²) in [6.07, 6.45) is 8.88. The first-order chi connectivity index (χ1) is 7.81. The van der Waals surface area contributed by atoms with Crippen LogP contribution in [0, 0.1) is 6.92 Å². The Hall–Kier alpha value is -1.16. The Morgan fingerprint density at radius 2 is 1.94 bits per heavy atom. The second-order valence-corrected chi connectivity index (χ2v) is 4.48. The fraction of sp³-hybridized carbons (Fsp3) is 0.667. The number of rotatable bonds is 4. The van der Waals surface area contributed by atoms with E-state index in [0.29, 0.717) is 12.6 Å². The average molecular weight is 220 g/mol. The minimum atomic E-state index is 0.589. The molecule has 0 unspecified atom stereocenters. The van der Waals surface area contributed by atoms with Crippen LogP contribution < -0.4 is 10.6 Å². The molecule has 0 atom stereocenters. The van der Waals surface area contributed by atoms with Gasteiger partial charge >= 0.3 is 0 Å². The molecule has 0 spiro atoms. The molecular formula is C12H20N4. The summed E-state index contributed by atoms with van der Waals surface area (Å²) in [6.45, 7) is 3.52. The molecule has 0 aliphatic heterocycles. The molecule has 2 N–H and O–H groups in total. The van der Waals surface area contributed by atoms with Crippen molar-refractivity contribution < 1.29 is 0 Å². The zero-order valence-electron chi connectivity index (χ0n) is 9.89. The van der Waals surface area contributed by atoms with Gasteiger partial charge in [-0.25, -0.2) is 9.97 Å². The van der Waals surface area contributed by atoms with E-state index >= 15 is 0 Å². The molecule has 0 saturated heterocycles. The lowest BCUT2D eigenvalue weighted by Gasteiger charge is -2.28. The molecular weight excluding hydrogens is 200 g/mol. The summed E-state index contributed by atoms with van der Waals surface area (Å²) < 4.78 is 0. The van der Waals surface area contributed by atoms with Gasteiger partial charge in [0.15, 0.2) is 0 Å². The monoisotopic (exact) mass is 220 g/mol. The maximum atomic E-state index is 5.67. The highest BCUT2D eigenvalue weighted by atomic mass is 15.3. The van der Waals surface area contributed by atoms with E-state index < -0.39 is 0 Å². The van der Waals surface area contributed by atoms with E-state index in [-0.39, 0.29) is 0 Å². The van der Waals surface area contributed by atoms with Gasteiger partial charge in [0.2, 0.25) is 5.95 Å². The molecule has 2 rings (SSSR count). The molecule has 0 bridgehead atoms. The van der Waals surface area contributed by atoms with Crippen LogP contribution in [0.2, 0.25) is 0 Å². The number of aromatic nitrogens is 2. The Morgan fingerprint density at radius 1 is 1.31 bits per heavy atom. The Kier molecular flexibility index (Phi) is 3.72. The molecule has 1 aliphatic carbocycles. The zero-order chi connectivity index (χ0) is 11.4. The fourth-order valence-corrected chi connectivity index (χ4v) is 2.33. The molecule has 1 saturated carbocycles. The molecule has 1 heterocycles. The van der Waals surface area contributed by atoms with Crippen molar-refractivity contribution >= 4 is 5.95 Å². The van der Waals surface area contributed by atoms with Crippen molar-refractivity contribution in [3.8, 4) is 0 Å². The summed E-state index contributed by atoms with van der Waals surface area (Å²) in [6, 6.07) is 0.589. The maximum absolute atomic E-state index is 5.67. The Morgan fingerprint density at radius 3 is 2.50 bits per heavy atom. The van der Waals surface area contributed by atoms with Gasteiger partial charge in [0.05, 0.1) is 0 Å². The second-order valence-electron chi connectivity index (χ2n) is 4.48. The minimum Gasteiger partial charge on any atom is -0.337 e. The van der Waals surface area contributed by atoms with Gasteiger partial charge in [0.1, 0.15) is 0 Å². The quantitative estimate of drug-likeness (QED) is 0.835. The summed E-state index contributed by atoms with van der Waals surface area (Å²) in [5, 5.41) is 0. The number of aryl methyl sites for hydroxylation is 1. The topological polar surface area (TPSA) is 55.0 Å². The van der Waals surface area contributed by atoms with Gasteiger partial charge < -0.3 is 10.6 Å². The van der Waals surface area contributed by atoms with Crippen molar-refractivity contribution in [2.75, 3.05) is 18.0 Å². The highest BCUT2D eigenvalue weighted by Crippen LogP contribution is 2.25. The van der Waals surface area contributed by atoms with E-state index in [1.165, 1.54) is 25.7 Å². The van der Waals surface area contributed by atoms with Crippen LogP contribution in [0.15, 0.2) is 12.4 Å². The van der Waals surface area contributed by atoms with Crippen molar-refractivity contribution in [2.24, 2.45) is 5.73 Å². The zero-order valence-corrected chi connectivity index (χ0v) is 9.89. The van der Waals surface area contributed by atoms with Crippen molar-refractivity contribution in [1.82, 2.24) is 9.97 Å². The van der Waals surface area contributed by atoms with Gasteiger partial charge in [0, 0.05) is 31.5 Å². The third-order valence-electron chi connectivity index (χ3n) is 3.16. The largest absolute Gasteiger partial charge is 0.337 e. The van der Waals surface area contributed by atoms with E-state index in [0.717, 1.165) is 18.1 Å². The molecule has 88 valence electrons. The summed E-state index contributed by atoms with van der Waals surface area (Å²) in [7, 11) is 0. The number of hydrogen-bond donors (Lipinski definition) is 1. The summed E-state index contributed by atoms with van der Waals surface area (Å²) in [5.74, 6) is 0.836. The molecule has 1 aliphatic rings. The Bertz CT molecular complexity index is 316. The van der Waals surface area contributed by atoms with E-state index in [1.807, 2.05) is 19.3 Å². The van der Waals surface area contributed by atoms with Crippen LogP contribution in [-0.4, -0.2) is 29.1 Å². The lowest BCUT2D eigenvalue weighted by atomic mass is 10.2. The molecule has 4 heteroatoms. The molecule has 4 nitrogen and oxygen atoms in total. The van der Waals surface area contributed by atoms with E-state index in [9.17, 15) is 0 Å². The van der Waals surface area contributed by atoms with Crippen molar-refractivity contribution in [2.45, 2.75) is 38.6 Å². The predicted molar refractivity (Wildman–Crippen MR) is 65.4 cm³/mol. The molecule has 1 aromatic rings. The summed E-state index contributed by atoms with van der Waals surface area (Å²) in [5.41, 5.74) is 6.77.